The van der Waals surface area contributed by atoms with Crippen molar-refractivity contribution in [3.05, 3.63) is 33.8 Å². The molecule has 2 saturated heterocycles. The van der Waals surface area contributed by atoms with Gasteiger partial charge in [-0.2, -0.15) is 0 Å². The normalized spacial score (nSPS) is 24.7. The minimum Gasteiger partial charge on any atom is -0.340 e. The van der Waals surface area contributed by atoms with Crippen molar-refractivity contribution in [1.82, 2.24) is 15.1 Å². The zero-order valence-electron chi connectivity index (χ0n) is 15.2. The summed E-state index contributed by atoms with van der Waals surface area (Å²) in [6.45, 7) is 6.80. The smallest absolute Gasteiger partial charge is 0.253 e. The molecule has 0 bridgehead atoms. The molecule has 2 amide bonds. The lowest BCUT2D eigenvalue weighted by Gasteiger charge is -2.31. The molecule has 142 valence electrons. The van der Waals surface area contributed by atoms with Crippen molar-refractivity contribution in [1.29, 1.82) is 0 Å². The highest BCUT2D eigenvalue weighted by Gasteiger charge is 2.39. The Kier molecular flexibility index (Phi) is 6.10. The summed E-state index contributed by atoms with van der Waals surface area (Å²) in [5.74, 6) is -0.438. The summed E-state index contributed by atoms with van der Waals surface area (Å²) in [5.41, 5.74) is 0.281. The van der Waals surface area contributed by atoms with Crippen LogP contribution in [0.15, 0.2) is 18.2 Å². The van der Waals surface area contributed by atoms with E-state index in [1.54, 1.807) is 25.1 Å². The topological polar surface area (TPSA) is 52.7 Å². The Morgan fingerprint density at radius 3 is 2.58 bits per heavy atom. The number of benzene rings is 1. The molecule has 5 nitrogen and oxygen atoms in total. The fourth-order valence-corrected chi connectivity index (χ4v) is 4.45. The van der Waals surface area contributed by atoms with Gasteiger partial charge in [-0.1, -0.05) is 29.3 Å². The molecule has 1 N–H and O–H groups in total. The fraction of sp³-hybridized carbons (Fsp3) is 0.579. The number of rotatable bonds is 4. The summed E-state index contributed by atoms with van der Waals surface area (Å²) in [6.07, 6.45) is 3.47. The van der Waals surface area contributed by atoms with E-state index in [1.807, 2.05) is 4.90 Å². The lowest BCUT2D eigenvalue weighted by Crippen LogP contribution is -2.50. The molecule has 0 saturated carbocycles. The number of carbonyl (C=O) groups is 2. The maximum Gasteiger partial charge on any atom is 0.253 e. The molecule has 0 unspecified atom stereocenters. The Morgan fingerprint density at radius 1 is 1.19 bits per heavy atom. The van der Waals surface area contributed by atoms with Crippen LogP contribution in [-0.2, 0) is 4.79 Å². The molecular weight excluding hydrogens is 373 g/mol. The number of carbonyl (C=O) groups excluding carboxylic acids is 2. The van der Waals surface area contributed by atoms with Crippen LogP contribution in [0.1, 0.15) is 43.5 Å². The Bertz CT molecular complexity index is 691. The molecule has 2 aliphatic heterocycles. The Labute approximate surface area is 164 Å². The van der Waals surface area contributed by atoms with Crippen LogP contribution in [-0.4, -0.2) is 59.4 Å². The van der Waals surface area contributed by atoms with Gasteiger partial charge in [0, 0.05) is 18.6 Å². The quantitative estimate of drug-likeness (QED) is 0.848. The zero-order valence-corrected chi connectivity index (χ0v) is 16.7. The molecule has 0 aromatic heterocycles. The largest absolute Gasteiger partial charge is 0.340 e. The highest BCUT2D eigenvalue weighted by atomic mass is 35.5. The van der Waals surface area contributed by atoms with E-state index in [-0.39, 0.29) is 28.4 Å². The van der Waals surface area contributed by atoms with E-state index in [9.17, 15) is 9.59 Å². The molecule has 1 aromatic carbocycles. The van der Waals surface area contributed by atoms with Crippen LogP contribution >= 0.6 is 23.2 Å². The first-order valence-corrected chi connectivity index (χ1v) is 9.95. The molecule has 7 heteroatoms. The van der Waals surface area contributed by atoms with E-state index in [0.717, 1.165) is 26.1 Å². The second kappa shape index (κ2) is 8.15. The highest BCUT2D eigenvalue weighted by molar-refractivity contribution is 6.43. The van der Waals surface area contributed by atoms with E-state index >= 15 is 0 Å². The minimum absolute atomic E-state index is 0.0503. The van der Waals surface area contributed by atoms with Gasteiger partial charge in [0.15, 0.2) is 0 Å². The van der Waals surface area contributed by atoms with Gasteiger partial charge in [0.05, 0.1) is 15.6 Å². The second-order valence-corrected chi connectivity index (χ2v) is 7.95. The Morgan fingerprint density at radius 2 is 1.88 bits per heavy atom. The molecule has 2 fully saturated rings. The predicted molar refractivity (Wildman–Crippen MR) is 104 cm³/mol. The van der Waals surface area contributed by atoms with Gasteiger partial charge in [-0.3, -0.25) is 14.5 Å². The molecule has 1 aromatic rings. The van der Waals surface area contributed by atoms with E-state index in [0.29, 0.717) is 11.1 Å². The van der Waals surface area contributed by atoms with Crippen LogP contribution in [0.5, 0.6) is 0 Å². The minimum atomic E-state index is -0.614. The van der Waals surface area contributed by atoms with Crippen LogP contribution in [0.25, 0.3) is 0 Å². The molecule has 2 aliphatic rings. The third-order valence-corrected chi connectivity index (χ3v) is 6.34. The van der Waals surface area contributed by atoms with Crippen LogP contribution < -0.4 is 5.32 Å². The molecule has 0 spiro atoms. The number of nitrogens with zero attached hydrogens (tertiary/aromatic N) is 2. The maximum atomic E-state index is 12.9. The van der Waals surface area contributed by atoms with Gasteiger partial charge >= 0.3 is 0 Å². The molecule has 2 heterocycles. The van der Waals surface area contributed by atoms with Crippen molar-refractivity contribution in [2.75, 3.05) is 19.6 Å². The summed E-state index contributed by atoms with van der Waals surface area (Å²) < 4.78 is 0. The Balaban J connectivity index is 1.62. The lowest BCUT2D eigenvalue weighted by atomic mass is 10.1. The van der Waals surface area contributed by atoms with Crippen LogP contribution in [0.2, 0.25) is 10.0 Å². The van der Waals surface area contributed by atoms with Crippen molar-refractivity contribution in [3.63, 3.8) is 0 Å². The van der Waals surface area contributed by atoms with Crippen molar-refractivity contribution in [2.24, 2.45) is 0 Å². The van der Waals surface area contributed by atoms with Gasteiger partial charge in [0.25, 0.3) is 5.91 Å². The van der Waals surface area contributed by atoms with Gasteiger partial charge in [-0.25, -0.2) is 0 Å². The van der Waals surface area contributed by atoms with E-state index in [1.165, 1.54) is 12.8 Å². The molecular formula is C19H25Cl2N3O2. The lowest BCUT2D eigenvalue weighted by molar-refractivity contribution is -0.133. The standard InChI is InChI=1S/C19H25Cl2N3O2/c1-12(22-18(25)14-6-5-7-15(20)17(14)21)19(26)24-11-8-16(13(24)2)23-9-3-4-10-23/h5-7,12-13,16H,3-4,8-11H2,1-2H3,(H,22,25)/t12-,13+,16-/m0/s1. The summed E-state index contributed by atoms with van der Waals surface area (Å²) in [7, 11) is 0. The van der Waals surface area contributed by atoms with E-state index in [4.69, 9.17) is 23.2 Å². The maximum absolute atomic E-state index is 12.9. The number of hydrogen-bond acceptors (Lipinski definition) is 3. The van der Waals surface area contributed by atoms with Gasteiger partial charge in [-0.05, 0) is 58.3 Å². The summed E-state index contributed by atoms with van der Waals surface area (Å²) >= 11 is 12.1. The average Bonchev–Trinajstić information content (AvgIpc) is 3.25. The Hall–Kier alpha value is -1.30. The van der Waals surface area contributed by atoms with Crippen molar-refractivity contribution in [3.8, 4) is 0 Å². The van der Waals surface area contributed by atoms with Crippen LogP contribution in [0.4, 0.5) is 0 Å². The third kappa shape index (κ3) is 3.85. The first-order valence-electron chi connectivity index (χ1n) is 9.19. The van der Waals surface area contributed by atoms with Gasteiger partial charge in [0.1, 0.15) is 6.04 Å². The first-order chi connectivity index (χ1) is 12.4. The van der Waals surface area contributed by atoms with Crippen molar-refractivity contribution < 1.29 is 9.59 Å². The van der Waals surface area contributed by atoms with Crippen molar-refractivity contribution >= 4 is 35.0 Å². The fourth-order valence-electron chi connectivity index (χ4n) is 4.06. The highest BCUT2D eigenvalue weighted by Crippen LogP contribution is 2.27. The molecule has 0 aliphatic carbocycles. The monoisotopic (exact) mass is 397 g/mol. The van der Waals surface area contributed by atoms with Gasteiger partial charge in [0.2, 0.25) is 5.91 Å². The first kappa shape index (κ1) is 19.5. The summed E-state index contributed by atoms with van der Waals surface area (Å²) in [5, 5.41) is 3.28. The molecule has 3 rings (SSSR count). The second-order valence-electron chi connectivity index (χ2n) is 7.17. The van der Waals surface area contributed by atoms with Crippen LogP contribution in [0.3, 0.4) is 0 Å². The number of halogens is 2. The number of amides is 2. The average molecular weight is 398 g/mol. The summed E-state index contributed by atoms with van der Waals surface area (Å²) in [4.78, 5) is 29.7. The number of hydrogen-bond donors (Lipinski definition) is 1. The van der Waals surface area contributed by atoms with Gasteiger partial charge < -0.3 is 10.2 Å². The molecule has 26 heavy (non-hydrogen) atoms. The zero-order chi connectivity index (χ0) is 18.8. The number of likely N-dealkylation sites (tertiary alicyclic amines) is 2. The summed E-state index contributed by atoms with van der Waals surface area (Å²) in [6, 6.07) is 4.86. The van der Waals surface area contributed by atoms with Crippen LogP contribution in [0, 0.1) is 0 Å². The number of nitrogens with one attached hydrogen (secondary N) is 1. The molecule has 3 atom stereocenters. The third-order valence-electron chi connectivity index (χ3n) is 5.52. The predicted octanol–water partition coefficient (Wildman–Crippen LogP) is 3.20. The van der Waals surface area contributed by atoms with E-state index in [2.05, 4.69) is 17.1 Å². The van der Waals surface area contributed by atoms with Crippen molar-refractivity contribution in [2.45, 2.75) is 51.2 Å². The van der Waals surface area contributed by atoms with E-state index < -0.39 is 6.04 Å². The van der Waals surface area contributed by atoms with Gasteiger partial charge in [-0.15, -0.1) is 0 Å². The SMILES string of the molecule is C[C@H](NC(=O)c1cccc(Cl)c1Cl)C(=O)N1CC[C@H](N2CCCC2)[C@H]1C. The molecule has 0 radical (unpaired) electrons.